The Morgan fingerprint density at radius 3 is 2.64 bits per heavy atom. The molecule has 1 aromatic heterocycles. The highest BCUT2D eigenvalue weighted by Gasteiger charge is 2.14. The van der Waals surface area contributed by atoms with Crippen LogP contribution in [0.1, 0.15) is 12.8 Å². The summed E-state index contributed by atoms with van der Waals surface area (Å²) in [6, 6.07) is 0. The molecule has 4 nitrogen and oxygen atoms in total. The van der Waals surface area contributed by atoms with Gasteiger partial charge in [0.05, 0.1) is 12.4 Å². The van der Waals surface area contributed by atoms with Crippen molar-refractivity contribution >= 4 is 11.6 Å². The Kier molecular flexibility index (Phi) is 2.35. The molecule has 2 N–H and O–H groups in total. The minimum absolute atomic E-state index is 0.479. The van der Waals surface area contributed by atoms with Crippen molar-refractivity contribution in [3.8, 4) is 0 Å². The number of hydrogen-bond acceptors (Lipinski definition) is 4. The summed E-state index contributed by atoms with van der Waals surface area (Å²) in [6.07, 6.45) is 5.39. The summed E-state index contributed by atoms with van der Waals surface area (Å²) >= 11 is 0. The number of nitrogens with zero attached hydrogens (tertiary/aromatic N) is 3. The van der Waals surface area contributed by atoms with Gasteiger partial charge in [-0.1, -0.05) is 12.2 Å². The molecule has 0 unspecified atom stereocenters. The van der Waals surface area contributed by atoms with Gasteiger partial charge in [-0.3, -0.25) is 4.98 Å². The van der Waals surface area contributed by atoms with E-state index in [1.165, 1.54) is 5.57 Å². The molecule has 2 heterocycles. The SMILES string of the molecule is C=C1CCN(c2cncc(N)n2)CC1. The molecule has 2 rings (SSSR count). The molecule has 0 aliphatic carbocycles. The van der Waals surface area contributed by atoms with Gasteiger partial charge in [0.1, 0.15) is 11.6 Å². The predicted molar refractivity (Wildman–Crippen MR) is 57.0 cm³/mol. The second kappa shape index (κ2) is 3.65. The Balaban J connectivity index is 2.12. The van der Waals surface area contributed by atoms with Crippen LogP contribution in [0.2, 0.25) is 0 Å². The summed E-state index contributed by atoms with van der Waals surface area (Å²) in [5, 5.41) is 0. The van der Waals surface area contributed by atoms with E-state index in [0.717, 1.165) is 31.7 Å². The summed E-state index contributed by atoms with van der Waals surface area (Å²) < 4.78 is 0. The monoisotopic (exact) mass is 190 g/mol. The molecule has 4 heteroatoms. The Morgan fingerprint density at radius 2 is 2.00 bits per heavy atom. The molecule has 1 aliphatic rings. The molecule has 14 heavy (non-hydrogen) atoms. The predicted octanol–water partition coefficient (Wildman–Crippen LogP) is 1.22. The summed E-state index contributed by atoms with van der Waals surface area (Å²) in [6.45, 7) is 5.91. The first kappa shape index (κ1) is 8.99. The fourth-order valence-corrected chi connectivity index (χ4v) is 1.57. The van der Waals surface area contributed by atoms with Gasteiger partial charge in [-0.05, 0) is 12.8 Å². The summed E-state index contributed by atoms with van der Waals surface area (Å²) in [5.41, 5.74) is 6.89. The van der Waals surface area contributed by atoms with Crippen molar-refractivity contribution in [2.45, 2.75) is 12.8 Å². The largest absolute Gasteiger partial charge is 0.382 e. The summed E-state index contributed by atoms with van der Waals surface area (Å²) in [7, 11) is 0. The van der Waals surface area contributed by atoms with E-state index < -0.39 is 0 Å². The first-order chi connectivity index (χ1) is 6.75. The molecule has 1 aromatic rings. The van der Waals surface area contributed by atoms with Gasteiger partial charge in [0.15, 0.2) is 0 Å². The molecule has 1 fully saturated rings. The highest BCUT2D eigenvalue weighted by atomic mass is 15.2. The maximum atomic E-state index is 5.57. The van der Waals surface area contributed by atoms with Crippen LogP contribution in [0.25, 0.3) is 0 Å². The van der Waals surface area contributed by atoms with Crippen LogP contribution in [0.5, 0.6) is 0 Å². The van der Waals surface area contributed by atoms with Crippen LogP contribution in [0.4, 0.5) is 11.6 Å². The smallest absolute Gasteiger partial charge is 0.149 e. The zero-order valence-electron chi connectivity index (χ0n) is 8.11. The minimum Gasteiger partial charge on any atom is -0.382 e. The van der Waals surface area contributed by atoms with Gasteiger partial charge >= 0.3 is 0 Å². The normalized spacial score (nSPS) is 17.1. The summed E-state index contributed by atoms with van der Waals surface area (Å²) in [4.78, 5) is 10.5. The lowest BCUT2D eigenvalue weighted by Crippen LogP contribution is -2.31. The zero-order valence-corrected chi connectivity index (χ0v) is 8.11. The number of piperidine rings is 1. The molecular weight excluding hydrogens is 176 g/mol. The van der Waals surface area contributed by atoms with Crippen molar-refractivity contribution in [3.63, 3.8) is 0 Å². The second-order valence-corrected chi connectivity index (χ2v) is 3.54. The maximum Gasteiger partial charge on any atom is 0.149 e. The van der Waals surface area contributed by atoms with E-state index in [4.69, 9.17) is 5.73 Å². The third-order valence-corrected chi connectivity index (χ3v) is 2.44. The van der Waals surface area contributed by atoms with Crippen molar-refractivity contribution in [3.05, 3.63) is 24.5 Å². The van der Waals surface area contributed by atoms with Crippen LogP contribution >= 0.6 is 0 Å². The van der Waals surface area contributed by atoms with Gasteiger partial charge in [-0.2, -0.15) is 0 Å². The number of nitrogens with two attached hydrogens (primary N) is 1. The topological polar surface area (TPSA) is 55.0 Å². The molecule has 0 atom stereocenters. The van der Waals surface area contributed by atoms with Crippen molar-refractivity contribution in [1.82, 2.24) is 9.97 Å². The lowest BCUT2D eigenvalue weighted by molar-refractivity contribution is 0.678. The maximum absolute atomic E-state index is 5.57. The molecule has 0 spiro atoms. The standard InChI is InChI=1S/C10H14N4/c1-8-2-4-14(5-3-8)10-7-12-6-9(11)13-10/h6-7H,1-5H2,(H2,11,13). The van der Waals surface area contributed by atoms with Gasteiger partial charge in [0.2, 0.25) is 0 Å². The van der Waals surface area contributed by atoms with Crippen LogP contribution in [0, 0.1) is 0 Å². The van der Waals surface area contributed by atoms with Gasteiger partial charge in [0, 0.05) is 13.1 Å². The Bertz CT molecular complexity index is 338. The second-order valence-electron chi connectivity index (χ2n) is 3.54. The first-order valence-corrected chi connectivity index (χ1v) is 4.75. The van der Waals surface area contributed by atoms with E-state index in [9.17, 15) is 0 Å². The van der Waals surface area contributed by atoms with E-state index in [1.54, 1.807) is 12.4 Å². The highest BCUT2D eigenvalue weighted by molar-refractivity contribution is 5.42. The van der Waals surface area contributed by atoms with Gasteiger partial charge < -0.3 is 10.6 Å². The van der Waals surface area contributed by atoms with Crippen LogP contribution in [0.3, 0.4) is 0 Å². The molecule has 0 radical (unpaired) electrons. The third-order valence-electron chi connectivity index (χ3n) is 2.44. The van der Waals surface area contributed by atoms with Crippen molar-refractivity contribution in [2.24, 2.45) is 0 Å². The van der Waals surface area contributed by atoms with Gasteiger partial charge in [-0.15, -0.1) is 0 Å². The molecule has 74 valence electrons. The average Bonchev–Trinajstić information content (AvgIpc) is 2.19. The Hall–Kier alpha value is -1.58. The molecule has 0 amide bonds. The quantitative estimate of drug-likeness (QED) is 0.676. The zero-order chi connectivity index (χ0) is 9.97. The van der Waals surface area contributed by atoms with Gasteiger partial charge in [-0.25, -0.2) is 4.98 Å². The number of hydrogen-bond donors (Lipinski definition) is 1. The first-order valence-electron chi connectivity index (χ1n) is 4.75. The van der Waals surface area contributed by atoms with E-state index in [0.29, 0.717) is 5.82 Å². The van der Waals surface area contributed by atoms with Crippen molar-refractivity contribution < 1.29 is 0 Å². The molecular formula is C10H14N4. The van der Waals surface area contributed by atoms with Crippen molar-refractivity contribution in [1.29, 1.82) is 0 Å². The van der Waals surface area contributed by atoms with Gasteiger partial charge in [0.25, 0.3) is 0 Å². The fraction of sp³-hybridized carbons (Fsp3) is 0.400. The van der Waals surface area contributed by atoms with E-state index in [2.05, 4.69) is 21.4 Å². The average molecular weight is 190 g/mol. The Labute approximate surface area is 83.5 Å². The number of rotatable bonds is 1. The minimum atomic E-state index is 0.479. The molecule has 0 bridgehead atoms. The fourth-order valence-electron chi connectivity index (χ4n) is 1.57. The third kappa shape index (κ3) is 1.84. The summed E-state index contributed by atoms with van der Waals surface area (Å²) in [5.74, 6) is 1.35. The number of aromatic nitrogens is 2. The van der Waals surface area contributed by atoms with E-state index in [1.807, 2.05) is 0 Å². The van der Waals surface area contributed by atoms with Crippen LogP contribution in [0.15, 0.2) is 24.5 Å². The lowest BCUT2D eigenvalue weighted by atomic mass is 10.1. The lowest BCUT2D eigenvalue weighted by Gasteiger charge is -2.28. The van der Waals surface area contributed by atoms with E-state index >= 15 is 0 Å². The van der Waals surface area contributed by atoms with E-state index in [-0.39, 0.29) is 0 Å². The molecule has 1 saturated heterocycles. The Morgan fingerprint density at radius 1 is 1.29 bits per heavy atom. The highest BCUT2D eigenvalue weighted by Crippen LogP contribution is 2.19. The number of nitrogen functional groups attached to an aromatic ring is 1. The van der Waals surface area contributed by atoms with Crippen LogP contribution in [-0.4, -0.2) is 23.1 Å². The van der Waals surface area contributed by atoms with Crippen LogP contribution < -0.4 is 10.6 Å². The molecule has 0 saturated carbocycles. The van der Waals surface area contributed by atoms with Crippen molar-refractivity contribution in [2.75, 3.05) is 23.7 Å². The number of anilines is 2. The molecule has 1 aliphatic heterocycles. The molecule has 0 aromatic carbocycles. The van der Waals surface area contributed by atoms with Crippen LogP contribution in [-0.2, 0) is 0 Å².